The Balaban J connectivity index is 1.52. The molecule has 0 bridgehead atoms. The quantitative estimate of drug-likeness (QED) is 0.276. The standard InChI is InChI=1S/C25H30FN2O8PS/c1-14(2)35-24(30)15(3)13-37(32,36-18-6-5-17-8-10-33-19(17)11-18)34-12-20-22(29)21(26)23(38-20)28-9-7-16(4)27-25(28)31/h5-11,14-15,20-23,29H,12-13H2,1-4H3/t15-,20-,21+,22-,23-,37?/m1/s1. The third-order valence-electron chi connectivity index (χ3n) is 5.90. The number of fused-ring (bicyclic) bond motifs is 1. The minimum Gasteiger partial charge on any atom is -0.464 e. The number of hydrogen-bond donors (Lipinski definition) is 1. The zero-order valence-electron chi connectivity index (χ0n) is 21.4. The molecule has 38 heavy (non-hydrogen) atoms. The van der Waals surface area contributed by atoms with Gasteiger partial charge < -0.3 is 18.8 Å². The van der Waals surface area contributed by atoms with E-state index in [-0.39, 0.29) is 24.6 Å². The molecule has 1 aliphatic rings. The van der Waals surface area contributed by atoms with E-state index < -0.39 is 48.1 Å². The number of carbonyl (C=O) groups excluding carboxylic acids is 1. The third-order valence-corrected chi connectivity index (χ3v) is 9.45. The Morgan fingerprint density at radius 1 is 1.29 bits per heavy atom. The minimum absolute atomic E-state index is 0.193. The van der Waals surface area contributed by atoms with Crippen LogP contribution in [0.2, 0.25) is 0 Å². The van der Waals surface area contributed by atoms with Crippen molar-refractivity contribution in [3.8, 4) is 5.75 Å². The summed E-state index contributed by atoms with van der Waals surface area (Å²) < 4.78 is 52.2. The van der Waals surface area contributed by atoms with E-state index in [0.29, 0.717) is 11.3 Å². The summed E-state index contributed by atoms with van der Waals surface area (Å²) >= 11 is 0.973. The van der Waals surface area contributed by atoms with Crippen molar-refractivity contribution in [2.24, 2.45) is 5.92 Å². The van der Waals surface area contributed by atoms with Crippen LogP contribution in [0.5, 0.6) is 5.75 Å². The highest BCUT2D eigenvalue weighted by Crippen LogP contribution is 2.52. The molecule has 3 aromatic rings. The first-order chi connectivity index (χ1) is 18.0. The zero-order valence-corrected chi connectivity index (χ0v) is 23.1. The molecule has 0 aliphatic carbocycles. The van der Waals surface area contributed by atoms with Gasteiger partial charge in [-0.05, 0) is 45.0 Å². The maximum Gasteiger partial charge on any atom is 0.380 e. The van der Waals surface area contributed by atoms with Crippen LogP contribution in [0.25, 0.3) is 11.0 Å². The summed E-state index contributed by atoms with van der Waals surface area (Å²) in [7, 11) is -4.03. The molecule has 1 aromatic carbocycles. The Morgan fingerprint density at radius 3 is 2.76 bits per heavy atom. The van der Waals surface area contributed by atoms with Crippen LogP contribution in [0.1, 0.15) is 31.8 Å². The van der Waals surface area contributed by atoms with E-state index in [4.69, 9.17) is 18.2 Å². The molecule has 10 nitrogen and oxygen atoms in total. The second kappa shape index (κ2) is 11.6. The number of nitrogens with zero attached hydrogens (tertiary/aromatic N) is 2. The summed E-state index contributed by atoms with van der Waals surface area (Å²) in [6.07, 6.45) is -1.05. The third kappa shape index (κ3) is 6.48. The smallest absolute Gasteiger partial charge is 0.380 e. The van der Waals surface area contributed by atoms with Gasteiger partial charge in [0, 0.05) is 23.3 Å². The van der Waals surface area contributed by atoms with Crippen LogP contribution in [-0.4, -0.2) is 57.0 Å². The number of aryl methyl sites for hydroxylation is 1. The topological polar surface area (TPSA) is 130 Å². The number of carbonyl (C=O) groups is 1. The first-order valence-electron chi connectivity index (χ1n) is 12.1. The number of rotatable bonds is 10. The highest BCUT2D eigenvalue weighted by molar-refractivity contribution is 8.00. The molecule has 1 N–H and O–H groups in total. The van der Waals surface area contributed by atoms with Crippen molar-refractivity contribution < 1.29 is 37.1 Å². The molecule has 0 spiro atoms. The van der Waals surface area contributed by atoms with Crippen molar-refractivity contribution in [1.82, 2.24) is 9.55 Å². The van der Waals surface area contributed by atoms with Gasteiger partial charge in [0.15, 0.2) is 6.17 Å². The van der Waals surface area contributed by atoms with Gasteiger partial charge in [0.1, 0.15) is 22.8 Å². The predicted octanol–water partition coefficient (Wildman–Crippen LogP) is 4.49. The number of aliphatic hydroxyl groups is 1. The van der Waals surface area contributed by atoms with Crippen molar-refractivity contribution in [2.75, 3.05) is 12.8 Å². The zero-order chi connectivity index (χ0) is 27.6. The van der Waals surface area contributed by atoms with Gasteiger partial charge >= 0.3 is 19.3 Å². The monoisotopic (exact) mass is 568 g/mol. The number of halogens is 1. The Hall–Kier alpha value is -2.66. The van der Waals surface area contributed by atoms with E-state index in [9.17, 15) is 19.3 Å². The number of benzene rings is 1. The SMILES string of the molecule is Cc1ccn([C@@H]2S[C@H](COP(=O)(C[C@@H](C)C(=O)OC(C)C)Oc3ccc4ccoc4c3)[C@@H](O)[C@@H]2F)c(=O)n1. The molecule has 0 saturated carbocycles. The molecular formula is C25H30FN2O8PS. The lowest BCUT2D eigenvalue weighted by Gasteiger charge is -2.24. The molecule has 6 atom stereocenters. The fourth-order valence-corrected chi connectivity index (χ4v) is 7.37. The summed E-state index contributed by atoms with van der Waals surface area (Å²) in [6.45, 7) is 6.23. The molecule has 0 radical (unpaired) electrons. The van der Waals surface area contributed by atoms with Crippen LogP contribution in [0.4, 0.5) is 4.39 Å². The highest BCUT2D eigenvalue weighted by atomic mass is 32.2. The van der Waals surface area contributed by atoms with Gasteiger partial charge in [0.05, 0.1) is 36.3 Å². The summed E-state index contributed by atoms with van der Waals surface area (Å²) in [5.41, 5.74) is 0.350. The number of alkyl halides is 1. The van der Waals surface area contributed by atoms with Crippen molar-refractivity contribution in [3.05, 3.63) is 59.0 Å². The Kier molecular flexibility index (Phi) is 8.66. The lowest BCUT2D eigenvalue weighted by atomic mass is 10.1. The number of furan rings is 1. The van der Waals surface area contributed by atoms with Gasteiger partial charge in [0.25, 0.3) is 0 Å². The molecular weight excluding hydrogens is 538 g/mol. The van der Waals surface area contributed by atoms with E-state index in [0.717, 1.165) is 21.7 Å². The van der Waals surface area contributed by atoms with Gasteiger partial charge in [-0.3, -0.25) is 13.9 Å². The van der Waals surface area contributed by atoms with Crippen molar-refractivity contribution in [2.45, 2.75) is 56.7 Å². The lowest BCUT2D eigenvalue weighted by molar-refractivity contribution is -0.151. The number of thioether (sulfide) groups is 1. The average molecular weight is 569 g/mol. The molecule has 1 saturated heterocycles. The number of hydrogen-bond acceptors (Lipinski definition) is 10. The predicted molar refractivity (Wildman–Crippen MR) is 140 cm³/mol. The molecule has 1 unspecified atom stereocenters. The van der Waals surface area contributed by atoms with Crippen LogP contribution >= 0.6 is 19.4 Å². The Labute approximate surface area is 223 Å². The fourth-order valence-electron chi connectivity index (χ4n) is 3.97. The molecule has 2 aromatic heterocycles. The summed E-state index contributed by atoms with van der Waals surface area (Å²) in [4.78, 5) is 28.5. The van der Waals surface area contributed by atoms with Crippen molar-refractivity contribution >= 4 is 36.3 Å². The molecule has 13 heteroatoms. The average Bonchev–Trinajstić information content (AvgIpc) is 3.42. The second-order valence-electron chi connectivity index (χ2n) is 9.45. The number of aliphatic hydroxyl groups excluding tert-OH is 1. The van der Waals surface area contributed by atoms with Crippen LogP contribution in [0.3, 0.4) is 0 Å². The number of ether oxygens (including phenoxy) is 1. The van der Waals surface area contributed by atoms with Crippen LogP contribution in [0.15, 0.2) is 52.0 Å². The van der Waals surface area contributed by atoms with E-state index in [1.54, 1.807) is 58.0 Å². The van der Waals surface area contributed by atoms with E-state index in [1.807, 2.05) is 0 Å². The summed E-state index contributed by atoms with van der Waals surface area (Å²) in [6, 6.07) is 8.19. The van der Waals surface area contributed by atoms with Crippen LogP contribution in [0, 0.1) is 12.8 Å². The van der Waals surface area contributed by atoms with E-state index >= 15 is 4.39 Å². The lowest BCUT2D eigenvalue weighted by Crippen LogP contribution is -2.33. The highest BCUT2D eigenvalue weighted by Gasteiger charge is 2.46. The maximum absolute atomic E-state index is 15.0. The minimum atomic E-state index is -4.03. The van der Waals surface area contributed by atoms with Crippen LogP contribution < -0.4 is 10.2 Å². The summed E-state index contributed by atoms with van der Waals surface area (Å²) in [5, 5.41) is 9.46. The van der Waals surface area contributed by atoms with Crippen molar-refractivity contribution in [1.29, 1.82) is 0 Å². The number of esters is 1. The Morgan fingerprint density at radius 2 is 2.05 bits per heavy atom. The first-order valence-corrected chi connectivity index (χ1v) is 14.8. The Bertz CT molecular complexity index is 1390. The van der Waals surface area contributed by atoms with Gasteiger partial charge in [-0.1, -0.05) is 6.92 Å². The molecule has 0 amide bonds. The van der Waals surface area contributed by atoms with Gasteiger partial charge in [-0.25, -0.2) is 13.8 Å². The van der Waals surface area contributed by atoms with Crippen molar-refractivity contribution in [3.63, 3.8) is 0 Å². The van der Waals surface area contributed by atoms with Gasteiger partial charge in [0.2, 0.25) is 0 Å². The molecule has 1 aliphatic heterocycles. The molecule has 4 rings (SSSR count). The van der Waals surface area contributed by atoms with Gasteiger partial charge in [-0.2, -0.15) is 4.98 Å². The fraction of sp³-hybridized carbons (Fsp3) is 0.480. The molecule has 3 heterocycles. The number of aromatic nitrogens is 2. The van der Waals surface area contributed by atoms with Gasteiger partial charge in [-0.15, -0.1) is 11.8 Å². The largest absolute Gasteiger partial charge is 0.464 e. The molecule has 206 valence electrons. The first kappa shape index (κ1) is 28.4. The summed E-state index contributed by atoms with van der Waals surface area (Å²) in [5.74, 6) is -1.21. The maximum atomic E-state index is 15.0. The van der Waals surface area contributed by atoms with E-state index in [2.05, 4.69) is 4.98 Å². The van der Waals surface area contributed by atoms with E-state index in [1.165, 1.54) is 12.5 Å². The molecule has 1 fully saturated rings. The normalized spacial score (nSPS) is 23.9. The van der Waals surface area contributed by atoms with Crippen LogP contribution in [-0.2, 0) is 18.6 Å². The second-order valence-corrected chi connectivity index (χ2v) is 12.8.